The van der Waals surface area contributed by atoms with Gasteiger partial charge in [0, 0.05) is 26.7 Å². The van der Waals surface area contributed by atoms with E-state index in [9.17, 15) is 8.42 Å². The molecule has 1 N–H and O–H groups in total. The highest BCUT2D eigenvalue weighted by Crippen LogP contribution is 2.23. The Kier molecular flexibility index (Phi) is 7.02. The standard InChI is InChI=1S/C23H31N3O3S/c1-23(2)18-26(15-16-30(23,27)28)22(24-3)25-14-13-19-9-11-21(12-10-19)29-17-20-7-5-4-6-8-20/h4-12H,13-18H2,1-3H3,(H,24,25). The maximum absolute atomic E-state index is 12.2. The summed E-state index contributed by atoms with van der Waals surface area (Å²) in [6, 6.07) is 18.2. The first kappa shape index (κ1) is 22.2. The third-order valence-corrected chi connectivity index (χ3v) is 7.96. The zero-order valence-corrected chi connectivity index (χ0v) is 18.8. The molecule has 0 amide bonds. The topological polar surface area (TPSA) is 71.0 Å². The van der Waals surface area contributed by atoms with E-state index in [-0.39, 0.29) is 5.75 Å². The smallest absolute Gasteiger partial charge is 0.193 e. The molecule has 2 aromatic carbocycles. The second-order valence-electron chi connectivity index (χ2n) is 8.14. The lowest BCUT2D eigenvalue weighted by atomic mass is 10.1. The van der Waals surface area contributed by atoms with E-state index in [1.165, 1.54) is 5.56 Å². The first-order valence-corrected chi connectivity index (χ1v) is 11.9. The normalized spacial score (nSPS) is 18.1. The van der Waals surface area contributed by atoms with Gasteiger partial charge in [0.25, 0.3) is 0 Å². The van der Waals surface area contributed by atoms with E-state index in [0.29, 0.717) is 19.7 Å². The number of benzene rings is 2. The molecule has 0 saturated carbocycles. The summed E-state index contributed by atoms with van der Waals surface area (Å²) >= 11 is 0. The number of sulfone groups is 1. The number of nitrogens with one attached hydrogen (secondary N) is 1. The van der Waals surface area contributed by atoms with Crippen LogP contribution < -0.4 is 10.1 Å². The van der Waals surface area contributed by atoms with Crippen molar-refractivity contribution in [1.82, 2.24) is 10.2 Å². The highest BCUT2D eigenvalue weighted by atomic mass is 32.2. The first-order chi connectivity index (χ1) is 14.3. The molecule has 0 radical (unpaired) electrons. The average molecular weight is 430 g/mol. The number of hydrogen-bond acceptors (Lipinski definition) is 4. The number of rotatable bonds is 6. The van der Waals surface area contributed by atoms with Gasteiger partial charge in [-0.15, -0.1) is 0 Å². The van der Waals surface area contributed by atoms with Gasteiger partial charge >= 0.3 is 0 Å². The molecule has 6 nitrogen and oxygen atoms in total. The van der Waals surface area contributed by atoms with Crippen molar-refractivity contribution >= 4 is 15.8 Å². The lowest BCUT2D eigenvalue weighted by molar-refractivity contribution is 0.306. The summed E-state index contributed by atoms with van der Waals surface area (Å²) < 4.78 is 29.5. The Morgan fingerprint density at radius 3 is 2.43 bits per heavy atom. The minimum absolute atomic E-state index is 0.158. The molecule has 1 aliphatic heterocycles. The lowest BCUT2D eigenvalue weighted by Gasteiger charge is -2.39. The van der Waals surface area contributed by atoms with E-state index in [4.69, 9.17) is 4.74 Å². The lowest BCUT2D eigenvalue weighted by Crippen LogP contribution is -2.57. The van der Waals surface area contributed by atoms with Crippen LogP contribution in [0.1, 0.15) is 25.0 Å². The largest absolute Gasteiger partial charge is 0.489 e. The van der Waals surface area contributed by atoms with Crippen molar-refractivity contribution in [3.63, 3.8) is 0 Å². The summed E-state index contributed by atoms with van der Waals surface area (Å²) in [5, 5.41) is 3.36. The molecular formula is C23H31N3O3S. The summed E-state index contributed by atoms with van der Waals surface area (Å²) in [5.41, 5.74) is 2.34. The van der Waals surface area contributed by atoms with Crippen molar-refractivity contribution in [3.8, 4) is 5.75 Å². The Morgan fingerprint density at radius 2 is 1.80 bits per heavy atom. The van der Waals surface area contributed by atoms with Gasteiger partial charge in [0.15, 0.2) is 15.8 Å². The Morgan fingerprint density at radius 1 is 1.10 bits per heavy atom. The SMILES string of the molecule is CN=C(NCCc1ccc(OCc2ccccc2)cc1)N1CCS(=O)(=O)C(C)(C)C1. The van der Waals surface area contributed by atoms with Gasteiger partial charge in [-0.3, -0.25) is 4.99 Å². The molecule has 0 atom stereocenters. The zero-order chi connectivity index (χ0) is 21.6. The summed E-state index contributed by atoms with van der Waals surface area (Å²) in [7, 11) is -1.33. The quantitative estimate of drug-likeness (QED) is 0.565. The monoisotopic (exact) mass is 429 g/mol. The van der Waals surface area contributed by atoms with Crippen LogP contribution in [0.5, 0.6) is 5.75 Å². The van der Waals surface area contributed by atoms with Crippen LogP contribution in [0.3, 0.4) is 0 Å². The van der Waals surface area contributed by atoms with Gasteiger partial charge in [-0.2, -0.15) is 0 Å². The first-order valence-electron chi connectivity index (χ1n) is 10.2. The molecule has 0 unspecified atom stereocenters. The number of nitrogens with zero attached hydrogens (tertiary/aromatic N) is 2. The second-order valence-corrected chi connectivity index (χ2v) is 10.9. The molecule has 1 heterocycles. The molecule has 0 bridgehead atoms. The minimum atomic E-state index is -3.06. The maximum Gasteiger partial charge on any atom is 0.193 e. The maximum atomic E-state index is 12.2. The van der Waals surface area contributed by atoms with Crippen LogP contribution in [0, 0.1) is 0 Å². The summed E-state index contributed by atoms with van der Waals surface area (Å²) in [4.78, 5) is 6.37. The van der Waals surface area contributed by atoms with Crippen molar-refractivity contribution in [2.24, 2.45) is 4.99 Å². The van der Waals surface area contributed by atoms with E-state index in [2.05, 4.69) is 22.4 Å². The van der Waals surface area contributed by atoms with Gasteiger partial charge in [-0.1, -0.05) is 42.5 Å². The molecule has 1 aliphatic rings. The fourth-order valence-electron chi connectivity index (χ4n) is 3.47. The van der Waals surface area contributed by atoms with Crippen molar-refractivity contribution in [1.29, 1.82) is 0 Å². The average Bonchev–Trinajstić information content (AvgIpc) is 2.73. The number of hydrogen-bond donors (Lipinski definition) is 1. The van der Waals surface area contributed by atoms with E-state index in [1.807, 2.05) is 47.4 Å². The van der Waals surface area contributed by atoms with Crippen LogP contribution in [0.15, 0.2) is 59.6 Å². The summed E-state index contributed by atoms with van der Waals surface area (Å²) in [6.45, 7) is 5.76. The van der Waals surface area contributed by atoms with E-state index in [1.54, 1.807) is 20.9 Å². The third-order valence-electron chi connectivity index (χ3n) is 5.42. The molecular weight excluding hydrogens is 398 g/mol. The molecule has 30 heavy (non-hydrogen) atoms. The summed E-state index contributed by atoms with van der Waals surface area (Å²) in [6.07, 6.45) is 0.841. The molecule has 2 aromatic rings. The van der Waals surface area contributed by atoms with Crippen LogP contribution in [0.4, 0.5) is 0 Å². The van der Waals surface area contributed by atoms with Crippen LogP contribution >= 0.6 is 0 Å². The zero-order valence-electron chi connectivity index (χ0n) is 18.0. The number of guanidine groups is 1. The molecule has 0 aromatic heterocycles. The molecule has 1 saturated heterocycles. The van der Waals surface area contributed by atoms with Gasteiger partial charge < -0.3 is 15.0 Å². The van der Waals surface area contributed by atoms with Gasteiger partial charge in [0.1, 0.15) is 12.4 Å². The predicted molar refractivity (Wildman–Crippen MR) is 122 cm³/mol. The van der Waals surface area contributed by atoms with Crippen molar-refractivity contribution in [3.05, 3.63) is 65.7 Å². The van der Waals surface area contributed by atoms with Gasteiger partial charge in [-0.25, -0.2) is 8.42 Å². The van der Waals surface area contributed by atoms with E-state index >= 15 is 0 Å². The van der Waals surface area contributed by atoms with Crippen LogP contribution in [-0.2, 0) is 22.9 Å². The number of ether oxygens (including phenoxy) is 1. The van der Waals surface area contributed by atoms with Crippen molar-refractivity contribution in [2.75, 3.05) is 32.4 Å². The molecule has 0 spiro atoms. The van der Waals surface area contributed by atoms with Crippen molar-refractivity contribution in [2.45, 2.75) is 31.6 Å². The van der Waals surface area contributed by atoms with E-state index in [0.717, 1.165) is 30.2 Å². The van der Waals surface area contributed by atoms with Gasteiger partial charge in [0.05, 0.1) is 10.5 Å². The van der Waals surface area contributed by atoms with Crippen LogP contribution in [0.2, 0.25) is 0 Å². The molecule has 162 valence electrons. The summed E-state index contributed by atoms with van der Waals surface area (Å²) in [5.74, 6) is 1.76. The molecule has 0 aliphatic carbocycles. The minimum Gasteiger partial charge on any atom is -0.489 e. The molecule has 7 heteroatoms. The predicted octanol–water partition coefficient (Wildman–Crippen LogP) is 2.89. The highest BCUT2D eigenvalue weighted by molar-refractivity contribution is 7.92. The Labute approximate surface area is 179 Å². The Bertz CT molecular complexity index is 955. The second kappa shape index (κ2) is 9.51. The molecule has 3 rings (SSSR count). The van der Waals surface area contributed by atoms with Crippen LogP contribution in [0.25, 0.3) is 0 Å². The Balaban J connectivity index is 1.47. The van der Waals surface area contributed by atoms with Gasteiger partial charge in [-0.05, 0) is 43.5 Å². The van der Waals surface area contributed by atoms with Crippen molar-refractivity contribution < 1.29 is 13.2 Å². The highest BCUT2D eigenvalue weighted by Gasteiger charge is 2.40. The Hall–Kier alpha value is -2.54. The van der Waals surface area contributed by atoms with Crippen LogP contribution in [-0.4, -0.2) is 56.5 Å². The molecule has 1 fully saturated rings. The van der Waals surface area contributed by atoms with E-state index < -0.39 is 14.6 Å². The third kappa shape index (κ3) is 5.53. The fourth-order valence-corrected chi connectivity index (χ4v) is 4.83. The van der Waals surface area contributed by atoms with Gasteiger partial charge in [0.2, 0.25) is 0 Å². The number of aliphatic imine (C=N–C) groups is 1. The fraction of sp³-hybridized carbons (Fsp3) is 0.435.